The van der Waals surface area contributed by atoms with E-state index in [-0.39, 0.29) is 11.8 Å². The Balaban J connectivity index is 2.79. The summed E-state index contributed by atoms with van der Waals surface area (Å²) in [4.78, 5) is 12.2. The highest BCUT2D eigenvalue weighted by molar-refractivity contribution is 9.10. The van der Waals surface area contributed by atoms with E-state index in [4.69, 9.17) is 5.73 Å². The molecular weight excluding hydrogens is 304 g/mol. The summed E-state index contributed by atoms with van der Waals surface area (Å²) in [6, 6.07) is 7.48. The molecule has 3 nitrogen and oxygen atoms in total. The number of nitrogens with one attached hydrogen (secondary N) is 1. The first-order valence-corrected chi connectivity index (χ1v) is 7.41. The van der Waals surface area contributed by atoms with Gasteiger partial charge in [0.2, 0.25) is 5.91 Å². The number of halogens is 1. The van der Waals surface area contributed by atoms with E-state index in [9.17, 15) is 4.79 Å². The Morgan fingerprint density at radius 2 is 1.89 bits per heavy atom. The molecule has 3 N–H and O–H groups in total. The third-order valence-electron chi connectivity index (χ3n) is 3.56. The van der Waals surface area contributed by atoms with Crippen molar-refractivity contribution in [2.75, 3.05) is 0 Å². The van der Waals surface area contributed by atoms with Gasteiger partial charge in [0.15, 0.2) is 0 Å². The van der Waals surface area contributed by atoms with E-state index in [0.717, 1.165) is 16.5 Å². The summed E-state index contributed by atoms with van der Waals surface area (Å²) < 4.78 is 1.02. The van der Waals surface area contributed by atoms with Crippen LogP contribution in [0.4, 0.5) is 0 Å². The van der Waals surface area contributed by atoms with Gasteiger partial charge in [-0.2, -0.15) is 0 Å². The monoisotopic (exact) mass is 326 g/mol. The molecule has 0 spiro atoms. The van der Waals surface area contributed by atoms with E-state index in [0.29, 0.717) is 0 Å². The molecule has 0 aliphatic heterocycles. The first-order valence-electron chi connectivity index (χ1n) is 6.61. The molecule has 0 heterocycles. The van der Waals surface area contributed by atoms with Crippen molar-refractivity contribution in [3.63, 3.8) is 0 Å². The number of hydrogen-bond acceptors (Lipinski definition) is 2. The van der Waals surface area contributed by atoms with Crippen LogP contribution in [0.5, 0.6) is 0 Å². The number of benzene rings is 1. The number of amides is 1. The Morgan fingerprint density at radius 3 is 2.37 bits per heavy atom. The number of carbonyl (C=O) groups is 1. The molecule has 0 aromatic heterocycles. The van der Waals surface area contributed by atoms with Gasteiger partial charge in [-0.1, -0.05) is 48.3 Å². The molecule has 1 aromatic rings. The molecule has 0 saturated carbocycles. The lowest BCUT2D eigenvalue weighted by Crippen LogP contribution is -2.51. The first-order chi connectivity index (χ1) is 8.77. The van der Waals surface area contributed by atoms with Crippen molar-refractivity contribution in [3.8, 4) is 0 Å². The van der Waals surface area contributed by atoms with Crippen molar-refractivity contribution in [2.24, 2.45) is 11.7 Å². The van der Waals surface area contributed by atoms with Crippen LogP contribution in [0, 0.1) is 5.92 Å². The van der Waals surface area contributed by atoms with Gasteiger partial charge in [-0.3, -0.25) is 4.79 Å². The molecule has 0 fully saturated rings. The Bertz CT molecular complexity index is 428. The molecule has 106 valence electrons. The fourth-order valence-corrected chi connectivity index (χ4v) is 2.11. The van der Waals surface area contributed by atoms with Gasteiger partial charge in [-0.25, -0.2) is 0 Å². The minimum atomic E-state index is -0.459. The Morgan fingerprint density at radius 1 is 1.37 bits per heavy atom. The van der Waals surface area contributed by atoms with Gasteiger partial charge in [0.25, 0.3) is 0 Å². The first kappa shape index (κ1) is 16.2. The lowest BCUT2D eigenvalue weighted by atomic mass is 9.92. The second kappa shape index (κ2) is 6.53. The van der Waals surface area contributed by atoms with Gasteiger partial charge in [-0.15, -0.1) is 0 Å². The summed E-state index contributed by atoms with van der Waals surface area (Å²) in [5.74, 6) is 0.0861. The maximum absolute atomic E-state index is 12.2. The van der Waals surface area contributed by atoms with Crippen LogP contribution in [0.3, 0.4) is 0 Å². The Hall–Kier alpha value is -0.870. The van der Waals surface area contributed by atoms with Gasteiger partial charge in [0.1, 0.15) is 0 Å². The minimum absolute atomic E-state index is 0.0951. The predicted octanol–water partition coefficient (Wildman–Crippen LogP) is 3.17. The zero-order valence-corrected chi connectivity index (χ0v) is 13.6. The van der Waals surface area contributed by atoms with Crippen molar-refractivity contribution >= 4 is 21.8 Å². The molecule has 1 unspecified atom stereocenters. The van der Waals surface area contributed by atoms with Gasteiger partial charge < -0.3 is 11.1 Å². The molecular formula is C15H23BrN2O. The quantitative estimate of drug-likeness (QED) is 0.873. The zero-order chi connectivity index (χ0) is 14.6. The summed E-state index contributed by atoms with van der Waals surface area (Å²) in [7, 11) is 0. The van der Waals surface area contributed by atoms with Crippen LogP contribution in [0.15, 0.2) is 28.7 Å². The van der Waals surface area contributed by atoms with E-state index < -0.39 is 11.6 Å². The maximum Gasteiger partial charge on any atom is 0.237 e. The number of rotatable bonds is 5. The minimum Gasteiger partial charge on any atom is -0.346 e. The van der Waals surface area contributed by atoms with Crippen LogP contribution in [0.2, 0.25) is 0 Å². The molecule has 1 aromatic carbocycles. The highest BCUT2D eigenvalue weighted by Gasteiger charge is 2.27. The molecule has 1 amide bonds. The smallest absolute Gasteiger partial charge is 0.237 e. The molecule has 2 atom stereocenters. The van der Waals surface area contributed by atoms with Gasteiger partial charge in [-0.05, 0) is 37.5 Å². The van der Waals surface area contributed by atoms with E-state index in [2.05, 4.69) is 21.2 Å². The van der Waals surface area contributed by atoms with E-state index in [1.807, 2.05) is 52.0 Å². The van der Waals surface area contributed by atoms with Crippen LogP contribution in [-0.2, 0) is 10.3 Å². The molecule has 0 radical (unpaired) electrons. The van der Waals surface area contributed by atoms with Crippen LogP contribution in [0.25, 0.3) is 0 Å². The lowest BCUT2D eigenvalue weighted by Gasteiger charge is -2.29. The number of carbonyl (C=O) groups excluding carboxylic acids is 1. The zero-order valence-electron chi connectivity index (χ0n) is 12.0. The SMILES string of the molecule is CCC(C)[C@H](N)C(=O)NC(C)(C)c1ccc(Br)cc1. The average molecular weight is 327 g/mol. The van der Waals surface area contributed by atoms with E-state index in [1.54, 1.807) is 0 Å². The second-order valence-electron chi connectivity index (χ2n) is 5.53. The molecule has 0 bridgehead atoms. The van der Waals surface area contributed by atoms with Crippen LogP contribution in [0.1, 0.15) is 39.7 Å². The largest absolute Gasteiger partial charge is 0.346 e. The van der Waals surface area contributed by atoms with E-state index >= 15 is 0 Å². The Labute approximate surface area is 124 Å². The second-order valence-corrected chi connectivity index (χ2v) is 6.45. The van der Waals surface area contributed by atoms with Crippen molar-refractivity contribution in [1.82, 2.24) is 5.32 Å². The van der Waals surface area contributed by atoms with Crippen LogP contribution < -0.4 is 11.1 Å². The fourth-order valence-electron chi connectivity index (χ4n) is 1.84. The molecule has 0 aliphatic carbocycles. The standard InChI is InChI=1S/C15H23BrN2O/c1-5-10(2)13(17)14(19)18-15(3,4)11-6-8-12(16)9-7-11/h6-10,13H,5,17H2,1-4H3,(H,18,19)/t10?,13-/m0/s1. The molecule has 19 heavy (non-hydrogen) atoms. The van der Waals surface area contributed by atoms with Crippen LogP contribution >= 0.6 is 15.9 Å². The molecule has 0 aliphatic rings. The summed E-state index contributed by atoms with van der Waals surface area (Å²) in [6.45, 7) is 8.00. The van der Waals surface area contributed by atoms with Gasteiger partial charge >= 0.3 is 0 Å². The summed E-state index contributed by atoms with van der Waals surface area (Å²) >= 11 is 3.41. The number of nitrogens with two attached hydrogens (primary N) is 1. The normalized spacial score (nSPS) is 14.8. The topological polar surface area (TPSA) is 55.1 Å². The average Bonchev–Trinajstić information content (AvgIpc) is 2.36. The van der Waals surface area contributed by atoms with Crippen molar-refractivity contribution in [1.29, 1.82) is 0 Å². The fraction of sp³-hybridized carbons (Fsp3) is 0.533. The maximum atomic E-state index is 12.2. The third-order valence-corrected chi connectivity index (χ3v) is 4.09. The lowest BCUT2D eigenvalue weighted by molar-refractivity contribution is -0.125. The molecule has 4 heteroatoms. The van der Waals surface area contributed by atoms with Gasteiger partial charge in [0, 0.05) is 4.47 Å². The highest BCUT2D eigenvalue weighted by atomic mass is 79.9. The van der Waals surface area contributed by atoms with Gasteiger partial charge in [0.05, 0.1) is 11.6 Å². The highest BCUT2D eigenvalue weighted by Crippen LogP contribution is 2.22. The number of hydrogen-bond donors (Lipinski definition) is 2. The Kier molecular flexibility index (Phi) is 5.56. The predicted molar refractivity (Wildman–Crippen MR) is 82.7 cm³/mol. The van der Waals surface area contributed by atoms with Crippen molar-refractivity contribution < 1.29 is 4.79 Å². The van der Waals surface area contributed by atoms with Crippen molar-refractivity contribution in [3.05, 3.63) is 34.3 Å². The molecule has 0 saturated heterocycles. The molecule has 1 rings (SSSR count). The van der Waals surface area contributed by atoms with Crippen LogP contribution in [-0.4, -0.2) is 11.9 Å². The summed E-state index contributed by atoms with van der Waals surface area (Å²) in [5, 5.41) is 3.03. The van der Waals surface area contributed by atoms with Crippen molar-refractivity contribution in [2.45, 2.75) is 45.7 Å². The van der Waals surface area contributed by atoms with E-state index in [1.165, 1.54) is 0 Å². The summed E-state index contributed by atoms with van der Waals surface area (Å²) in [6.07, 6.45) is 0.896. The summed E-state index contributed by atoms with van der Waals surface area (Å²) in [5.41, 5.74) is 6.59. The third kappa shape index (κ3) is 4.32.